The molecule has 0 radical (unpaired) electrons. The van der Waals surface area contributed by atoms with Crippen LogP contribution in [0.25, 0.3) is 4.96 Å². The van der Waals surface area contributed by atoms with E-state index >= 15 is 0 Å². The summed E-state index contributed by atoms with van der Waals surface area (Å²) in [4.78, 5) is 17.7. The molecule has 138 valence electrons. The molecule has 0 atom stereocenters. The van der Waals surface area contributed by atoms with Gasteiger partial charge >= 0.3 is 6.18 Å². The highest BCUT2D eigenvalue weighted by Crippen LogP contribution is 2.38. The van der Waals surface area contributed by atoms with Gasteiger partial charge in [0.25, 0.3) is 5.91 Å². The molecule has 1 aliphatic rings. The van der Waals surface area contributed by atoms with E-state index in [1.54, 1.807) is 4.40 Å². The highest BCUT2D eigenvalue weighted by Gasteiger charge is 2.36. The molecule has 11 heteroatoms. The van der Waals surface area contributed by atoms with Crippen molar-refractivity contribution >= 4 is 32.2 Å². The van der Waals surface area contributed by atoms with Crippen LogP contribution in [-0.2, 0) is 22.9 Å². The van der Waals surface area contributed by atoms with E-state index in [1.165, 1.54) is 27.1 Å². The quantitative estimate of drug-likeness (QED) is 0.866. The number of thiazole rings is 1. The van der Waals surface area contributed by atoms with Gasteiger partial charge in [-0.05, 0) is 24.7 Å². The van der Waals surface area contributed by atoms with Crippen molar-refractivity contribution in [1.29, 1.82) is 0 Å². The molecule has 6 nitrogen and oxygen atoms in total. The van der Waals surface area contributed by atoms with Crippen molar-refractivity contribution in [3.63, 3.8) is 0 Å². The number of nitrogens with one attached hydrogen (secondary N) is 1. The third-order valence-corrected chi connectivity index (χ3v) is 6.37. The lowest BCUT2D eigenvalue weighted by Crippen LogP contribution is -2.37. The number of hydrogen-bond acceptors (Lipinski definition) is 5. The van der Waals surface area contributed by atoms with Crippen LogP contribution in [0.4, 0.5) is 13.2 Å². The van der Waals surface area contributed by atoms with Gasteiger partial charge in [-0.2, -0.15) is 13.2 Å². The number of fused-ring (bicyclic) bond motifs is 3. The van der Waals surface area contributed by atoms with Crippen LogP contribution in [0.2, 0.25) is 0 Å². The van der Waals surface area contributed by atoms with E-state index in [0.29, 0.717) is 4.96 Å². The van der Waals surface area contributed by atoms with Crippen molar-refractivity contribution in [2.45, 2.75) is 39.3 Å². The Kier molecular flexibility index (Phi) is 4.14. The molecule has 1 aliphatic carbocycles. The first-order chi connectivity index (χ1) is 11.4. The third kappa shape index (κ3) is 3.97. The summed E-state index contributed by atoms with van der Waals surface area (Å²) in [5, 5.41) is 0. The van der Waals surface area contributed by atoms with Gasteiger partial charge in [0.1, 0.15) is 5.69 Å². The van der Waals surface area contributed by atoms with Crippen molar-refractivity contribution < 1.29 is 26.4 Å². The molecule has 0 unspecified atom stereocenters. The normalized spacial score (nSPS) is 17.5. The Hall–Kier alpha value is -1.62. The number of aryl methyl sites for hydroxylation is 1. The van der Waals surface area contributed by atoms with E-state index in [2.05, 4.69) is 18.8 Å². The van der Waals surface area contributed by atoms with E-state index in [-0.39, 0.29) is 11.1 Å². The molecule has 0 spiro atoms. The standard InChI is InChI=1S/C14H16F3N3O3S2/c1-13(2)4-3-10-9(5-13)20-6-8(18-12(20)24-10)11(21)19-25(22,23)7-14(15,16)17/h6H,3-5,7H2,1-2H3,(H,19,21). The number of nitrogens with zero attached hydrogens (tertiary/aromatic N) is 2. The van der Waals surface area contributed by atoms with Crippen LogP contribution in [0.3, 0.4) is 0 Å². The Morgan fingerprint density at radius 3 is 2.76 bits per heavy atom. The SMILES string of the molecule is CC1(C)CCc2sc3nc(C(=O)NS(=O)(=O)CC(F)(F)F)cn3c2C1. The number of rotatable bonds is 3. The smallest absolute Gasteiger partial charge is 0.294 e. The Morgan fingerprint density at radius 1 is 1.44 bits per heavy atom. The Bertz CT molecular complexity index is 942. The molecule has 0 bridgehead atoms. The predicted molar refractivity (Wildman–Crippen MR) is 86.2 cm³/mol. The first-order valence-electron chi connectivity index (χ1n) is 7.46. The number of carbonyl (C=O) groups excluding carboxylic acids is 1. The maximum atomic E-state index is 12.2. The van der Waals surface area contributed by atoms with E-state index in [9.17, 15) is 26.4 Å². The van der Waals surface area contributed by atoms with Gasteiger partial charge in [-0.1, -0.05) is 13.8 Å². The first-order valence-corrected chi connectivity index (χ1v) is 9.93. The zero-order valence-corrected chi connectivity index (χ0v) is 15.1. The minimum Gasteiger partial charge on any atom is -0.294 e. The molecule has 2 aromatic heterocycles. The molecule has 2 aromatic rings. The number of sulfonamides is 1. The van der Waals surface area contributed by atoms with Crippen molar-refractivity contribution in [3.8, 4) is 0 Å². The van der Waals surface area contributed by atoms with Gasteiger partial charge in [0.05, 0.1) is 0 Å². The van der Waals surface area contributed by atoms with E-state index < -0.39 is 27.9 Å². The number of aromatic nitrogens is 2. The van der Waals surface area contributed by atoms with Gasteiger partial charge in [0.15, 0.2) is 10.7 Å². The summed E-state index contributed by atoms with van der Waals surface area (Å²) < 4.78 is 62.7. The fourth-order valence-corrected chi connectivity index (χ4v) is 4.87. The second-order valence-corrected chi connectivity index (χ2v) is 9.68. The molecule has 3 rings (SSSR count). The van der Waals surface area contributed by atoms with Gasteiger partial charge < -0.3 is 0 Å². The van der Waals surface area contributed by atoms with Crippen molar-refractivity contribution in [3.05, 3.63) is 22.5 Å². The highest BCUT2D eigenvalue weighted by molar-refractivity contribution is 7.90. The maximum Gasteiger partial charge on any atom is 0.404 e. The monoisotopic (exact) mass is 395 g/mol. The fraction of sp³-hybridized carbons (Fsp3) is 0.571. The summed E-state index contributed by atoms with van der Waals surface area (Å²) in [5.74, 6) is -3.28. The maximum absolute atomic E-state index is 12.2. The third-order valence-electron chi connectivity index (χ3n) is 4.01. The van der Waals surface area contributed by atoms with Crippen LogP contribution in [-0.4, -0.2) is 35.6 Å². The summed E-state index contributed by atoms with van der Waals surface area (Å²) in [6.45, 7) is 4.27. The molecule has 0 aromatic carbocycles. The lowest BCUT2D eigenvalue weighted by Gasteiger charge is -2.29. The van der Waals surface area contributed by atoms with Crippen LogP contribution in [0, 0.1) is 5.41 Å². The number of hydrogen-bond donors (Lipinski definition) is 1. The lowest BCUT2D eigenvalue weighted by molar-refractivity contribution is -0.106. The van der Waals surface area contributed by atoms with E-state index in [0.717, 1.165) is 25.0 Å². The summed E-state index contributed by atoms with van der Waals surface area (Å²) in [6, 6.07) is 0. The second kappa shape index (κ2) is 5.70. The summed E-state index contributed by atoms with van der Waals surface area (Å²) in [6.07, 6.45) is -0.827. The molecule has 2 heterocycles. The van der Waals surface area contributed by atoms with Gasteiger partial charge in [-0.25, -0.2) is 18.1 Å². The number of halogens is 3. The molecule has 0 saturated heterocycles. The zero-order valence-electron chi connectivity index (χ0n) is 13.5. The Morgan fingerprint density at radius 2 is 2.12 bits per heavy atom. The topological polar surface area (TPSA) is 80.5 Å². The van der Waals surface area contributed by atoms with Crippen molar-refractivity contribution in [1.82, 2.24) is 14.1 Å². The Labute approximate surface area is 146 Å². The largest absolute Gasteiger partial charge is 0.404 e. The van der Waals surface area contributed by atoms with Gasteiger partial charge in [-0.15, -0.1) is 11.3 Å². The molecule has 25 heavy (non-hydrogen) atoms. The highest BCUT2D eigenvalue weighted by atomic mass is 32.2. The van der Waals surface area contributed by atoms with Crippen molar-refractivity contribution in [2.75, 3.05) is 5.75 Å². The summed E-state index contributed by atoms with van der Waals surface area (Å²) >= 11 is 1.41. The van der Waals surface area contributed by atoms with Crippen LogP contribution in [0.5, 0.6) is 0 Å². The van der Waals surface area contributed by atoms with Gasteiger partial charge in [0, 0.05) is 16.8 Å². The number of carbonyl (C=O) groups is 1. The molecule has 1 N–H and O–H groups in total. The fourth-order valence-electron chi connectivity index (χ4n) is 2.86. The summed E-state index contributed by atoms with van der Waals surface area (Å²) in [5.41, 5.74) is 0.896. The molecular formula is C14H16F3N3O3S2. The number of imidazole rings is 1. The molecule has 0 aliphatic heterocycles. The van der Waals surface area contributed by atoms with E-state index in [4.69, 9.17) is 0 Å². The van der Waals surface area contributed by atoms with Gasteiger partial charge in [0.2, 0.25) is 10.0 Å². The average molecular weight is 395 g/mol. The van der Waals surface area contributed by atoms with Crippen LogP contribution in [0.1, 0.15) is 41.3 Å². The first kappa shape index (κ1) is 18.2. The van der Waals surface area contributed by atoms with Crippen LogP contribution in [0.15, 0.2) is 6.20 Å². The van der Waals surface area contributed by atoms with Crippen molar-refractivity contribution in [2.24, 2.45) is 5.41 Å². The minimum absolute atomic E-state index is 0.101. The van der Waals surface area contributed by atoms with Gasteiger partial charge in [-0.3, -0.25) is 9.20 Å². The summed E-state index contributed by atoms with van der Waals surface area (Å²) in [7, 11) is -4.81. The zero-order chi connectivity index (χ0) is 18.6. The average Bonchev–Trinajstić information content (AvgIpc) is 2.92. The minimum atomic E-state index is -4.93. The van der Waals surface area contributed by atoms with Crippen LogP contribution >= 0.6 is 11.3 Å². The second-order valence-electron chi connectivity index (χ2n) is 6.90. The molecular weight excluding hydrogens is 379 g/mol. The molecule has 1 amide bonds. The number of amides is 1. The molecule has 0 saturated carbocycles. The van der Waals surface area contributed by atoms with Crippen LogP contribution < -0.4 is 4.72 Å². The predicted octanol–water partition coefficient (Wildman–Crippen LogP) is 2.53. The molecule has 0 fully saturated rings. The lowest BCUT2D eigenvalue weighted by atomic mass is 9.79. The number of alkyl halides is 3. The van der Waals surface area contributed by atoms with E-state index in [1.807, 2.05) is 0 Å². The Balaban J connectivity index is 1.86.